The van der Waals surface area contributed by atoms with Gasteiger partial charge in [-0.3, -0.25) is 10.1 Å². The van der Waals surface area contributed by atoms with Gasteiger partial charge in [0.05, 0.1) is 12.1 Å². The number of carbonyl (C=O) groups is 1. The van der Waals surface area contributed by atoms with Crippen molar-refractivity contribution in [3.8, 4) is 0 Å². The Morgan fingerprint density at radius 3 is 3.12 bits per heavy atom. The van der Waals surface area contributed by atoms with Crippen LogP contribution in [0.25, 0.3) is 0 Å². The Morgan fingerprint density at radius 1 is 1.59 bits per heavy atom. The number of hydrogen-bond donors (Lipinski definition) is 2. The zero-order valence-corrected chi connectivity index (χ0v) is 11.1. The molecule has 5 heteroatoms. The Bertz CT molecular complexity index is 391. The van der Waals surface area contributed by atoms with E-state index in [1.54, 1.807) is 11.3 Å². The van der Waals surface area contributed by atoms with Gasteiger partial charge in [0.1, 0.15) is 5.01 Å². The number of carbonyl (C=O) groups excluding carboxylic acids is 1. The number of hydrogen-bond acceptors (Lipinski definition) is 4. The second kappa shape index (κ2) is 5.60. The number of aryl methyl sites for hydroxylation is 1. The maximum atomic E-state index is 11.8. The standard InChI is InChI=1S/C12H19N3OS/c1-8-7-17-12(14-8)9(2)15-10-5-3-4-6-13-11(10)16/h7,9-10,15H,3-6H2,1-2H3,(H,13,16). The Labute approximate surface area is 106 Å². The predicted octanol–water partition coefficient (Wildman–Crippen LogP) is 1.77. The van der Waals surface area contributed by atoms with Gasteiger partial charge >= 0.3 is 0 Å². The molecule has 1 aliphatic rings. The molecule has 0 aromatic carbocycles. The van der Waals surface area contributed by atoms with Gasteiger partial charge in [0.25, 0.3) is 0 Å². The fourth-order valence-corrected chi connectivity index (χ4v) is 2.86. The summed E-state index contributed by atoms with van der Waals surface area (Å²) in [6.07, 6.45) is 3.09. The molecule has 94 valence electrons. The van der Waals surface area contributed by atoms with Gasteiger partial charge in [0.15, 0.2) is 0 Å². The van der Waals surface area contributed by atoms with Crippen LogP contribution in [0.3, 0.4) is 0 Å². The summed E-state index contributed by atoms with van der Waals surface area (Å²) in [5.41, 5.74) is 1.05. The zero-order chi connectivity index (χ0) is 12.3. The third-order valence-electron chi connectivity index (χ3n) is 2.99. The van der Waals surface area contributed by atoms with Crippen molar-refractivity contribution < 1.29 is 4.79 Å². The average Bonchev–Trinajstić information content (AvgIpc) is 2.63. The highest BCUT2D eigenvalue weighted by Gasteiger charge is 2.23. The molecule has 1 saturated heterocycles. The van der Waals surface area contributed by atoms with Crippen LogP contribution in [0.2, 0.25) is 0 Å². The molecule has 2 atom stereocenters. The molecule has 1 fully saturated rings. The minimum Gasteiger partial charge on any atom is -0.355 e. The van der Waals surface area contributed by atoms with E-state index in [1.807, 2.05) is 12.3 Å². The second-order valence-corrected chi connectivity index (χ2v) is 5.44. The monoisotopic (exact) mass is 253 g/mol. The summed E-state index contributed by atoms with van der Waals surface area (Å²) in [5, 5.41) is 9.41. The van der Waals surface area contributed by atoms with Crippen LogP contribution >= 0.6 is 11.3 Å². The van der Waals surface area contributed by atoms with Crippen molar-refractivity contribution in [2.45, 2.75) is 45.2 Å². The maximum absolute atomic E-state index is 11.8. The van der Waals surface area contributed by atoms with E-state index >= 15 is 0 Å². The molecule has 1 aromatic rings. The second-order valence-electron chi connectivity index (χ2n) is 4.55. The summed E-state index contributed by atoms with van der Waals surface area (Å²) >= 11 is 1.65. The van der Waals surface area contributed by atoms with E-state index < -0.39 is 0 Å². The lowest BCUT2D eigenvalue weighted by Gasteiger charge is -2.19. The molecule has 0 radical (unpaired) electrons. The molecular formula is C12H19N3OS. The lowest BCUT2D eigenvalue weighted by molar-refractivity contribution is -0.123. The lowest BCUT2D eigenvalue weighted by Crippen LogP contribution is -2.43. The van der Waals surface area contributed by atoms with E-state index in [4.69, 9.17) is 0 Å². The van der Waals surface area contributed by atoms with Gasteiger partial charge in [-0.25, -0.2) is 4.98 Å². The molecule has 0 spiro atoms. The van der Waals surface area contributed by atoms with Crippen LogP contribution in [-0.4, -0.2) is 23.5 Å². The summed E-state index contributed by atoms with van der Waals surface area (Å²) in [4.78, 5) is 16.2. The third-order valence-corrected chi connectivity index (χ3v) is 4.14. The number of amides is 1. The smallest absolute Gasteiger partial charge is 0.237 e. The molecule has 0 bridgehead atoms. The van der Waals surface area contributed by atoms with Gasteiger partial charge in [-0.1, -0.05) is 0 Å². The van der Waals surface area contributed by atoms with E-state index in [1.165, 1.54) is 0 Å². The molecule has 2 N–H and O–H groups in total. The minimum atomic E-state index is -0.0725. The van der Waals surface area contributed by atoms with Gasteiger partial charge in [0.2, 0.25) is 5.91 Å². The molecule has 0 aliphatic carbocycles. The van der Waals surface area contributed by atoms with Crippen LogP contribution in [0.1, 0.15) is 42.9 Å². The van der Waals surface area contributed by atoms with E-state index in [-0.39, 0.29) is 18.0 Å². The van der Waals surface area contributed by atoms with Crippen molar-refractivity contribution >= 4 is 17.2 Å². The summed E-state index contributed by atoms with van der Waals surface area (Å²) in [7, 11) is 0. The SMILES string of the molecule is Cc1csc(C(C)NC2CCCCNC2=O)n1. The third kappa shape index (κ3) is 3.26. The molecule has 0 saturated carbocycles. The first kappa shape index (κ1) is 12.5. The number of thiazole rings is 1. The molecule has 17 heavy (non-hydrogen) atoms. The molecule has 4 nitrogen and oxygen atoms in total. The topological polar surface area (TPSA) is 54.0 Å². The molecule has 1 aromatic heterocycles. The highest BCUT2D eigenvalue weighted by atomic mass is 32.1. The number of nitrogens with one attached hydrogen (secondary N) is 2. The van der Waals surface area contributed by atoms with Crippen molar-refractivity contribution in [3.05, 3.63) is 16.1 Å². The molecule has 1 amide bonds. The van der Waals surface area contributed by atoms with E-state index in [2.05, 4.69) is 22.5 Å². The summed E-state index contributed by atoms with van der Waals surface area (Å²) in [6.45, 7) is 4.86. The first-order valence-corrected chi connectivity index (χ1v) is 7.00. The Morgan fingerprint density at radius 2 is 2.41 bits per heavy atom. The van der Waals surface area contributed by atoms with Crippen LogP contribution in [0.4, 0.5) is 0 Å². The van der Waals surface area contributed by atoms with E-state index in [9.17, 15) is 4.79 Å². The van der Waals surface area contributed by atoms with Crippen LogP contribution < -0.4 is 10.6 Å². The van der Waals surface area contributed by atoms with Gasteiger partial charge in [-0.2, -0.15) is 0 Å². The van der Waals surface area contributed by atoms with Crippen LogP contribution in [0.5, 0.6) is 0 Å². The van der Waals surface area contributed by atoms with E-state index in [0.717, 1.165) is 36.5 Å². The van der Waals surface area contributed by atoms with Crippen LogP contribution in [0, 0.1) is 6.92 Å². The highest BCUT2D eigenvalue weighted by molar-refractivity contribution is 7.09. The van der Waals surface area contributed by atoms with Crippen LogP contribution in [0.15, 0.2) is 5.38 Å². The van der Waals surface area contributed by atoms with Crippen molar-refractivity contribution in [2.24, 2.45) is 0 Å². The molecular weight excluding hydrogens is 234 g/mol. The summed E-state index contributed by atoms with van der Waals surface area (Å²) in [6, 6.07) is 0.0688. The Balaban J connectivity index is 1.97. The van der Waals surface area contributed by atoms with E-state index in [0.29, 0.717) is 0 Å². The van der Waals surface area contributed by atoms with Crippen molar-refractivity contribution in [1.29, 1.82) is 0 Å². The van der Waals surface area contributed by atoms with Crippen molar-refractivity contribution in [2.75, 3.05) is 6.54 Å². The quantitative estimate of drug-likeness (QED) is 0.863. The van der Waals surface area contributed by atoms with Gasteiger partial charge in [0, 0.05) is 17.6 Å². The first-order chi connectivity index (χ1) is 8.16. The molecule has 2 heterocycles. The maximum Gasteiger partial charge on any atom is 0.237 e. The fourth-order valence-electron chi connectivity index (χ4n) is 2.04. The molecule has 2 unspecified atom stereocenters. The van der Waals surface area contributed by atoms with Crippen molar-refractivity contribution in [1.82, 2.24) is 15.6 Å². The van der Waals surface area contributed by atoms with Crippen LogP contribution in [-0.2, 0) is 4.79 Å². The number of rotatable bonds is 3. The summed E-state index contributed by atoms with van der Waals surface area (Å²) < 4.78 is 0. The van der Waals surface area contributed by atoms with Gasteiger partial charge in [-0.05, 0) is 33.1 Å². The normalized spacial score (nSPS) is 22.9. The lowest BCUT2D eigenvalue weighted by atomic mass is 10.1. The highest BCUT2D eigenvalue weighted by Crippen LogP contribution is 2.19. The molecule has 1 aliphatic heterocycles. The Kier molecular flexibility index (Phi) is 4.12. The first-order valence-electron chi connectivity index (χ1n) is 6.12. The predicted molar refractivity (Wildman–Crippen MR) is 69.1 cm³/mol. The average molecular weight is 253 g/mol. The summed E-state index contributed by atoms with van der Waals surface area (Å²) in [5.74, 6) is 0.127. The number of nitrogens with zero attached hydrogens (tertiary/aromatic N) is 1. The minimum absolute atomic E-state index is 0.0725. The largest absolute Gasteiger partial charge is 0.355 e. The fraction of sp³-hybridized carbons (Fsp3) is 0.667. The van der Waals surface area contributed by atoms with Gasteiger partial charge in [-0.15, -0.1) is 11.3 Å². The van der Waals surface area contributed by atoms with Crippen molar-refractivity contribution in [3.63, 3.8) is 0 Å². The molecule has 2 rings (SSSR count). The van der Waals surface area contributed by atoms with Gasteiger partial charge < -0.3 is 5.32 Å². The zero-order valence-electron chi connectivity index (χ0n) is 10.3. The Hall–Kier alpha value is -0.940. The number of aromatic nitrogens is 1.